The minimum Gasteiger partial charge on any atom is -0.354 e. The average Bonchev–Trinajstić information content (AvgIpc) is 2.67. The van der Waals surface area contributed by atoms with E-state index < -0.39 is 0 Å². The average molecular weight is 220 g/mol. The first-order valence-corrected chi connectivity index (χ1v) is 5.20. The van der Waals surface area contributed by atoms with Crippen molar-refractivity contribution in [3.8, 4) is 6.07 Å². The van der Waals surface area contributed by atoms with Gasteiger partial charge < -0.3 is 15.2 Å². The molecular formula is C11H16N4O. The highest BCUT2D eigenvalue weighted by atomic mass is 16.1. The standard InChI is InChI=1S/C11H16N4O/c1-13-8-10-4-2-7-15(10)9-11(16)14-6-3-5-12/h2,4,7,13H,3,6,8-9H2,1H3,(H,14,16). The van der Waals surface area contributed by atoms with Crippen LogP contribution in [0.15, 0.2) is 18.3 Å². The van der Waals surface area contributed by atoms with E-state index in [1.165, 1.54) is 0 Å². The number of nitrogens with zero attached hydrogens (tertiary/aromatic N) is 2. The molecule has 1 aromatic rings. The number of amides is 1. The lowest BCUT2D eigenvalue weighted by molar-refractivity contribution is -0.121. The first kappa shape index (κ1) is 12.3. The zero-order valence-electron chi connectivity index (χ0n) is 9.36. The number of carbonyl (C=O) groups excluding carboxylic acids is 1. The zero-order chi connectivity index (χ0) is 11.8. The van der Waals surface area contributed by atoms with Crippen molar-refractivity contribution in [3.05, 3.63) is 24.0 Å². The van der Waals surface area contributed by atoms with E-state index in [4.69, 9.17) is 5.26 Å². The summed E-state index contributed by atoms with van der Waals surface area (Å²) in [6.45, 7) is 1.45. The molecule has 0 unspecified atom stereocenters. The van der Waals surface area contributed by atoms with E-state index in [9.17, 15) is 4.79 Å². The van der Waals surface area contributed by atoms with Gasteiger partial charge in [-0.05, 0) is 19.2 Å². The second-order valence-corrected chi connectivity index (χ2v) is 3.42. The fourth-order valence-electron chi connectivity index (χ4n) is 1.41. The molecule has 0 spiro atoms. The number of hydrogen-bond acceptors (Lipinski definition) is 3. The van der Waals surface area contributed by atoms with Gasteiger partial charge in [0.25, 0.3) is 0 Å². The van der Waals surface area contributed by atoms with Gasteiger partial charge in [0.05, 0.1) is 12.5 Å². The number of hydrogen-bond donors (Lipinski definition) is 2. The Morgan fingerprint density at radius 1 is 1.62 bits per heavy atom. The van der Waals surface area contributed by atoms with Crippen molar-refractivity contribution < 1.29 is 4.79 Å². The number of rotatable bonds is 6. The van der Waals surface area contributed by atoms with Gasteiger partial charge in [0, 0.05) is 25.0 Å². The summed E-state index contributed by atoms with van der Waals surface area (Å²) in [5, 5.41) is 14.1. The summed E-state index contributed by atoms with van der Waals surface area (Å²) in [4.78, 5) is 11.5. The summed E-state index contributed by atoms with van der Waals surface area (Å²) in [6, 6.07) is 5.87. The molecule has 1 heterocycles. The summed E-state index contributed by atoms with van der Waals surface area (Å²) in [6.07, 6.45) is 2.22. The Morgan fingerprint density at radius 3 is 3.12 bits per heavy atom. The summed E-state index contributed by atoms with van der Waals surface area (Å²) in [5.41, 5.74) is 1.07. The maximum absolute atomic E-state index is 11.5. The third-order valence-corrected chi connectivity index (χ3v) is 2.15. The predicted octanol–water partition coefficient (Wildman–Crippen LogP) is 0.237. The predicted molar refractivity (Wildman–Crippen MR) is 60.4 cm³/mol. The molecule has 86 valence electrons. The van der Waals surface area contributed by atoms with Crippen LogP contribution in [-0.4, -0.2) is 24.1 Å². The van der Waals surface area contributed by atoms with Crippen molar-refractivity contribution >= 4 is 5.91 Å². The monoisotopic (exact) mass is 220 g/mol. The van der Waals surface area contributed by atoms with E-state index in [2.05, 4.69) is 10.6 Å². The molecule has 0 aliphatic rings. The Balaban J connectivity index is 2.43. The van der Waals surface area contributed by atoms with Crippen molar-refractivity contribution in [2.24, 2.45) is 0 Å². The van der Waals surface area contributed by atoms with Gasteiger partial charge in [-0.1, -0.05) is 0 Å². The van der Waals surface area contributed by atoms with Gasteiger partial charge in [0.15, 0.2) is 0 Å². The summed E-state index contributed by atoms with van der Waals surface area (Å²) < 4.78 is 1.89. The molecule has 16 heavy (non-hydrogen) atoms. The van der Waals surface area contributed by atoms with Gasteiger partial charge in [0.2, 0.25) is 5.91 Å². The summed E-state index contributed by atoms with van der Waals surface area (Å²) in [5.74, 6) is -0.0659. The quantitative estimate of drug-likeness (QED) is 0.675. The smallest absolute Gasteiger partial charge is 0.239 e. The van der Waals surface area contributed by atoms with E-state index in [0.29, 0.717) is 19.5 Å². The van der Waals surface area contributed by atoms with Crippen LogP contribution in [0, 0.1) is 11.3 Å². The zero-order valence-corrected chi connectivity index (χ0v) is 9.36. The molecule has 0 saturated carbocycles. The normalized spacial score (nSPS) is 9.75. The van der Waals surface area contributed by atoms with Crippen LogP contribution in [0.4, 0.5) is 0 Å². The van der Waals surface area contributed by atoms with E-state index in [1.807, 2.05) is 36.0 Å². The van der Waals surface area contributed by atoms with Gasteiger partial charge in [-0.3, -0.25) is 4.79 Å². The second-order valence-electron chi connectivity index (χ2n) is 3.42. The molecule has 0 aromatic carbocycles. The molecule has 2 N–H and O–H groups in total. The van der Waals surface area contributed by atoms with Crippen molar-refractivity contribution in [1.29, 1.82) is 5.26 Å². The van der Waals surface area contributed by atoms with Gasteiger partial charge >= 0.3 is 0 Å². The molecule has 0 bridgehead atoms. The number of nitriles is 1. The number of aromatic nitrogens is 1. The molecule has 0 aliphatic carbocycles. The highest BCUT2D eigenvalue weighted by Gasteiger charge is 2.04. The number of carbonyl (C=O) groups is 1. The largest absolute Gasteiger partial charge is 0.354 e. The van der Waals surface area contributed by atoms with Crippen LogP contribution in [0.5, 0.6) is 0 Å². The van der Waals surface area contributed by atoms with Gasteiger partial charge in [-0.15, -0.1) is 0 Å². The molecule has 0 radical (unpaired) electrons. The van der Waals surface area contributed by atoms with E-state index in [1.54, 1.807) is 0 Å². The molecular weight excluding hydrogens is 204 g/mol. The van der Waals surface area contributed by atoms with Crippen LogP contribution in [0.3, 0.4) is 0 Å². The van der Waals surface area contributed by atoms with Gasteiger partial charge in [-0.25, -0.2) is 0 Å². The molecule has 5 nitrogen and oxygen atoms in total. The third kappa shape index (κ3) is 3.75. The van der Waals surface area contributed by atoms with Gasteiger partial charge in [0.1, 0.15) is 6.54 Å². The molecule has 1 rings (SSSR count). The summed E-state index contributed by atoms with van der Waals surface area (Å²) >= 11 is 0. The Morgan fingerprint density at radius 2 is 2.44 bits per heavy atom. The molecule has 0 atom stereocenters. The lowest BCUT2D eigenvalue weighted by Gasteiger charge is -2.08. The van der Waals surface area contributed by atoms with Crippen LogP contribution < -0.4 is 10.6 Å². The molecule has 0 fully saturated rings. The Bertz CT molecular complexity index is 378. The maximum Gasteiger partial charge on any atom is 0.239 e. The van der Waals surface area contributed by atoms with Crippen LogP contribution >= 0.6 is 0 Å². The van der Waals surface area contributed by atoms with Crippen LogP contribution in [-0.2, 0) is 17.9 Å². The molecule has 5 heteroatoms. The molecule has 1 amide bonds. The molecule has 0 saturated heterocycles. The van der Waals surface area contributed by atoms with Crippen molar-refractivity contribution in [3.63, 3.8) is 0 Å². The van der Waals surface area contributed by atoms with Gasteiger partial charge in [-0.2, -0.15) is 5.26 Å². The SMILES string of the molecule is CNCc1cccn1CC(=O)NCCC#N. The Hall–Kier alpha value is -1.80. The first-order chi connectivity index (χ1) is 7.77. The minimum absolute atomic E-state index is 0.0659. The van der Waals surface area contributed by atoms with E-state index >= 15 is 0 Å². The van der Waals surface area contributed by atoms with E-state index in [-0.39, 0.29) is 5.91 Å². The van der Waals surface area contributed by atoms with Crippen LogP contribution in [0.25, 0.3) is 0 Å². The highest BCUT2D eigenvalue weighted by molar-refractivity contribution is 5.75. The van der Waals surface area contributed by atoms with Crippen LogP contribution in [0.1, 0.15) is 12.1 Å². The highest BCUT2D eigenvalue weighted by Crippen LogP contribution is 2.01. The van der Waals surface area contributed by atoms with Crippen molar-refractivity contribution in [1.82, 2.24) is 15.2 Å². The van der Waals surface area contributed by atoms with Crippen molar-refractivity contribution in [2.75, 3.05) is 13.6 Å². The van der Waals surface area contributed by atoms with Crippen LogP contribution in [0.2, 0.25) is 0 Å². The fourth-order valence-corrected chi connectivity index (χ4v) is 1.41. The maximum atomic E-state index is 11.5. The molecule has 0 aliphatic heterocycles. The Kier molecular flexibility index (Phi) is 5.09. The third-order valence-electron chi connectivity index (χ3n) is 2.15. The first-order valence-electron chi connectivity index (χ1n) is 5.20. The topological polar surface area (TPSA) is 69.8 Å². The summed E-state index contributed by atoms with van der Waals surface area (Å²) in [7, 11) is 1.87. The second kappa shape index (κ2) is 6.64. The lowest BCUT2D eigenvalue weighted by atomic mass is 10.4. The fraction of sp³-hybridized carbons (Fsp3) is 0.455. The van der Waals surface area contributed by atoms with E-state index in [0.717, 1.165) is 12.2 Å². The molecule has 1 aromatic heterocycles. The number of nitrogens with one attached hydrogen (secondary N) is 2. The lowest BCUT2D eigenvalue weighted by Crippen LogP contribution is -2.29. The van der Waals surface area contributed by atoms with Crippen molar-refractivity contribution in [2.45, 2.75) is 19.5 Å². The minimum atomic E-state index is -0.0659. The Labute approximate surface area is 95.1 Å².